The molecule has 20 heavy (non-hydrogen) atoms. The van der Waals surface area contributed by atoms with Crippen molar-refractivity contribution in [2.24, 2.45) is 0 Å². The van der Waals surface area contributed by atoms with Crippen LogP contribution in [0.15, 0.2) is 24.5 Å². The summed E-state index contributed by atoms with van der Waals surface area (Å²) in [5.74, 6) is 0.766. The van der Waals surface area contributed by atoms with Crippen LogP contribution >= 0.6 is 0 Å². The Morgan fingerprint density at radius 3 is 3.05 bits per heavy atom. The molecule has 0 saturated carbocycles. The first-order chi connectivity index (χ1) is 9.75. The van der Waals surface area contributed by atoms with Gasteiger partial charge in [-0.15, -0.1) is 0 Å². The lowest BCUT2D eigenvalue weighted by Crippen LogP contribution is -2.24. The van der Waals surface area contributed by atoms with E-state index in [2.05, 4.69) is 24.8 Å². The molecule has 0 radical (unpaired) electrons. The molecule has 4 rings (SSSR count). The highest BCUT2D eigenvalue weighted by molar-refractivity contribution is 6.06. The summed E-state index contributed by atoms with van der Waals surface area (Å²) < 4.78 is 2.08. The molecule has 0 aliphatic carbocycles. The Bertz CT molecular complexity index is 829. The molecule has 100 valence electrons. The van der Waals surface area contributed by atoms with Crippen LogP contribution in [-0.2, 0) is 6.54 Å². The van der Waals surface area contributed by atoms with Gasteiger partial charge in [0.25, 0.3) is 5.91 Å². The molecule has 3 aromatic rings. The number of benzene rings is 1. The van der Waals surface area contributed by atoms with Crippen LogP contribution in [0, 0.1) is 6.92 Å². The zero-order chi connectivity index (χ0) is 13.7. The van der Waals surface area contributed by atoms with Crippen LogP contribution in [0.1, 0.15) is 16.1 Å². The average Bonchev–Trinajstić information content (AvgIpc) is 2.97. The Morgan fingerprint density at radius 2 is 2.25 bits per heavy atom. The number of aryl methyl sites for hydroxylation is 1. The van der Waals surface area contributed by atoms with Gasteiger partial charge in [-0.1, -0.05) is 6.07 Å². The number of imidazole rings is 2. The van der Waals surface area contributed by atoms with Gasteiger partial charge < -0.3 is 14.9 Å². The minimum absolute atomic E-state index is 0.0421. The van der Waals surface area contributed by atoms with E-state index in [0.29, 0.717) is 18.7 Å². The topological polar surface area (TPSA) is 75.6 Å². The van der Waals surface area contributed by atoms with Crippen molar-refractivity contribution in [1.82, 2.24) is 24.8 Å². The molecule has 1 aliphatic heterocycles. The lowest BCUT2D eigenvalue weighted by atomic mass is 10.2. The number of H-pyrrole nitrogens is 1. The third kappa shape index (κ3) is 1.41. The van der Waals surface area contributed by atoms with Crippen LogP contribution in [0.25, 0.3) is 22.6 Å². The van der Waals surface area contributed by atoms with Gasteiger partial charge in [-0.3, -0.25) is 4.79 Å². The zero-order valence-corrected chi connectivity index (χ0v) is 11.0. The fraction of sp³-hybridized carbons (Fsp3) is 0.214. The molecule has 0 atom stereocenters. The molecule has 0 saturated heterocycles. The van der Waals surface area contributed by atoms with E-state index >= 15 is 0 Å². The normalized spacial score (nSPS) is 14.3. The Morgan fingerprint density at radius 1 is 1.35 bits per heavy atom. The number of amides is 1. The molecule has 6 nitrogen and oxygen atoms in total. The van der Waals surface area contributed by atoms with E-state index in [0.717, 1.165) is 28.2 Å². The third-order valence-corrected chi connectivity index (χ3v) is 3.67. The molecule has 2 aromatic heterocycles. The summed E-state index contributed by atoms with van der Waals surface area (Å²) in [4.78, 5) is 24.2. The van der Waals surface area contributed by atoms with Crippen molar-refractivity contribution in [2.45, 2.75) is 13.5 Å². The Labute approximate surface area is 114 Å². The lowest BCUT2D eigenvalue weighted by Gasteiger charge is -2.05. The molecule has 1 aromatic carbocycles. The van der Waals surface area contributed by atoms with Gasteiger partial charge in [-0.25, -0.2) is 9.97 Å². The Kier molecular flexibility index (Phi) is 2.20. The van der Waals surface area contributed by atoms with Crippen LogP contribution in [0.5, 0.6) is 0 Å². The predicted octanol–water partition coefficient (Wildman–Crippen LogP) is 1.48. The summed E-state index contributed by atoms with van der Waals surface area (Å²) in [7, 11) is 0. The second-order valence-electron chi connectivity index (χ2n) is 4.89. The molecule has 0 unspecified atom stereocenters. The van der Waals surface area contributed by atoms with E-state index in [9.17, 15) is 4.79 Å². The van der Waals surface area contributed by atoms with E-state index in [1.807, 2.05) is 25.1 Å². The van der Waals surface area contributed by atoms with Crippen molar-refractivity contribution >= 4 is 16.9 Å². The van der Waals surface area contributed by atoms with E-state index in [1.54, 1.807) is 6.33 Å². The maximum absolute atomic E-state index is 12.1. The molecular formula is C14H13N5O. The van der Waals surface area contributed by atoms with E-state index < -0.39 is 0 Å². The Balaban J connectivity index is 2.09. The van der Waals surface area contributed by atoms with E-state index in [-0.39, 0.29) is 5.91 Å². The van der Waals surface area contributed by atoms with Gasteiger partial charge >= 0.3 is 0 Å². The van der Waals surface area contributed by atoms with Crippen molar-refractivity contribution in [1.29, 1.82) is 0 Å². The van der Waals surface area contributed by atoms with E-state index in [4.69, 9.17) is 0 Å². The first-order valence-electron chi connectivity index (χ1n) is 6.53. The summed E-state index contributed by atoms with van der Waals surface area (Å²) in [6, 6.07) is 5.63. The second kappa shape index (κ2) is 3.93. The highest BCUT2D eigenvalue weighted by Gasteiger charge is 2.22. The van der Waals surface area contributed by atoms with Gasteiger partial charge in [-0.2, -0.15) is 0 Å². The smallest absolute Gasteiger partial charge is 0.253 e. The number of nitrogens with zero attached hydrogens (tertiary/aromatic N) is 3. The van der Waals surface area contributed by atoms with Crippen LogP contribution in [0.2, 0.25) is 0 Å². The van der Waals surface area contributed by atoms with Gasteiger partial charge in [0.05, 0.1) is 22.9 Å². The van der Waals surface area contributed by atoms with Crippen LogP contribution in [0.4, 0.5) is 0 Å². The van der Waals surface area contributed by atoms with Crippen molar-refractivity contribution in [2.75, 3.05) is 6.54 Å². The number of carbonyl (C=O) groups excluding carboxylic acids is 1. The van der Waals surface area contributed by atoms with Crippen molar-refractivity contribution < 1.29 is 4.79 Å². The van der Waals surface area contributed by atoms with Crippen LogP contribution < -0.4 is 5.32 Å². The largest absolute Gasteiger partial charge is 0.350 e. The molecular weight excluding hydrogens is 254 g/mol. The highest BCUT2D eigenvalue weighted by Crippen LogP contribution is 2.28. The molecule has 1 aliphatic rings. The van der Waals surface area contributed by atoms with Crippen LogP contribution in [0.3, 0.4) is 0 Å². The number of aromatic nitrogens is 4. The van der Waals surface area contributed by atoms with Gasteiger partial charge in [0, 0.05) is 18.8 Å². The van der Waals surface area contributed by atoms with Gasteiger partial charge in [0.1, 0.15) is 5.69 Å². The summed E-state index contributed by atoms with van der Waals surface area (Å²) in [5.41, 5.74) is 4.20. The summed E-state index contributed by atoms with van der Waals surface area (Å²) >= 11 is 0. The van der Waals surface area contributed by atoms with Crippen molar-refractivity contribution in [3.8, 4) is 11.5 Å². The number of para-hydroxylation sites is 1. The summed E-state index contributed by atoms with van der Waals surface area (Å²) in [6.07, 6.45) is 1.66. The van der Waals surface area contributed by atoms with Gasteiger partial charge in [-0.05, 0) is 19.1 Å². The second-order valence-corrected chi connectivity index (χ2v) is 4.89. The third-order valence-electron chi connectivity index (χ3n) is 3.67. The minimum atomic E-state index is -0.0421. The standard InChI is InChI=1S/C14H13N5O/c1-8-11(17-7-16-8)13-18-10-4-2-3-9-12(10)19(13)6-5-15-14(9)20/h2-4,7H,5-6H2,1H3,(H,15,20)(H,16,17). The average molecular weight is 267 g/mol. The van der Waals surface area contributed by atoms with Crippen molar-refractivity contribution in [3.63, 3.8) is 0 Å². The number of hydrogen-bond donors (Lipinski definition) is 2. The zero-order valence-electron chi connectivity index (χ0n) is 11.0. The summed E-state index contributed by atoms with van der Waals surface area (Å²) in [6.45, 7) is 3.26. The number of nitrogens with one attached hydrogen (secondary N) is 2. The quantitative estimate of drug-likeness (QED) is 0.701. The molecule has 0 spiro atoms. The SMILES string of the molecule is Cc1[nH]cnc1-c1nc2cccc3c2n1CCNC3=O. The first-order valence-corrected chi connectivity index (χ1v) is 6.53. The number of rotatable bonds is 1. The fourth-order valence-corrected chi connectivity index (χ4v) is 2.73. The number of hydrogen-bond acceptors (Lipinski definition) is 3. The van der Waals surface area contributed by atoms with Gasteiger partial charge in [0.2, 0.25) is 0 Å². The molecule has 6 heteroatoms. The van der Waals surface area contributed by atoms with Crippen LogP contribution in [-0.4, -0.2) is 32.0 Å². The number of aromatic amines is 1. The fourth-order valence-electron chi connectivity index (χ4n) is 2.73. The predicted molar refractivity (Wildman–Crippen MR) is 74.4 cm³/mol. The van der Waals surface area contributed by atoms with E-state index in [1.165, 1.54) is 0 Å². The molecule has 3 heterocycles. The molecule has 0 bridgehead atoms. The maximum Gasteiger partial charge on any atom is 0.253 e. The van der Waals surface area contributed by atoms with Gasteiger partial charge in [0.15, 0.2) is 5.82 Å². The first kappa shape index (κ1) is 11.2. The van der Waals surface area contributed by atoms with Crippen molar-refractivity contribution in [3.05, 3.63) is 35.8 Å². The molecule has 0 fully saturated rings. The molecule has 1 amide bonds. The monoisotopic (exact) mass is 267 g/mol. The lowest BCUT2D eigenvalue weighted by molar-refractivity contribution is 0.0956. The Hall–Kier alpha value is -2.63. The summed E-state index contributed by atoms with van der Waals surface area (Å²) in [5, 5.41) is 2.91. The molecule has 2 N–H and O–H groups in total. The minimum Gasteiger partial charge on any atom is -0.350 e. The number of carbonyl (C=O) groups is 1. The maximum atomic E-state index is 12.1. The highest BCUT2D eigenvalue weighted by atomic mass is 16.1.